The van der Waals surface area contributed by atoms with Crippen LogP contribution in [0.5, 0.6) is 0 Å². The van der Waals surface area contributed by atoms with Gasteiger partial charge < -0.3 is 15.2 Å². The van der Waals surface area contributed by atoms with E-state index >= 15 is 0 Å². The molecule has 0 bridgehead atoms. The van der Waals surface area contributed by atoms with E-state index < -0.39 is 6.09 Å². The summed E-state index contributed by atoms with van der Waals surface area (Å²) in [4.78, 5) is 10.2. The highest BCUT2D eigenvalue weighted by Gasteiger charge is 2.33. The number of thioether (sulfide) groups is 1. The van der Waals surface area contributed by atoms with Crippen molar-refractivity contribution in [3.05, 3.63) is 0 Å². The molecule has 5 heteroatoms. The van der Waals surface area contributed by atoms with Gasteiger partial charge in [0, 0.05) is 12.2 Å². The highest BCUT2D eigenvalue weighted by atomic mass is 32.2. The zero-order chi connectivity index (χ0) is 9.90. The molecule has 1 heterocycles. The molecule has 1 rings (SSSR count). The molecule has 0 aromatic carbocycles. The summed E-state index contributed by atoms with van der Waals surface area (Å²) in [7, 11) is 0. The molecule has 1 saturated heterocycles. The molecule has 1 aliphatic heterocycles. The lowest BCUT2D eigenvalue weighted by Crippen LogP contribution is -2.29. The fourth-order valence-electron chi connectivity index (χ4n) is 1.44. The molecule has 0 aromatic heterocycles. The third-order valence-corrected chi connectivity index (χ3v) is 3.14. The molecule has 1 fully saturated rings. The first kappa shape index (κ1) is 10.7. The summed E-state index contributed by atoms with van der Waals surface area (Å²) >= 11 is 1.75. The van der Waals surface area contributed by atoms with E-state index in [-0.39, 0.29) is 11.0 Å². The van der Waals surface area contributed by atoms with E-state index in [0.29, 0.717) is 6.42 Å². The van der Waals surface area contributed by atoms with E-state index in [1.807, 2.05) is 13.8 Å². The molecule has 1 amide bonds. The maximum Gasteiger partial charge on any atom is 0.404 e. The Labute approximate surface area is 82.1 Å². The molecule has 0 spiro atoms. The molecule has 0 aliphatic carbocycles. The highest BCUT2D eigenvalue weighted by Crippen LogP contribution is 2.36. The van der Waals surface area contributed by atoms with Crippen molar-refractivity contribution < 1.29 is 14.3 Å². The van der Waals surface area contributed by atoms with Gasteiger partial charge in [-0.3, -0.25) is 0 Å². The van der Waals surface area contributed by atoms with E-state index in [4.69, 9.17) is 15.2 Å². The standard InChI is InChI=1S/C8H15NO3S/c1-6(12-7(9)10)5-8(2)11-3-4-13-8/h6H,3-5H2,1-2H3,(H2,9,10)/t6-,8+/m0/s1. The number of nitrogens with two attached hydrogens (primary N) is 1. The molecule has 0 aromatic rings. The summed E-state index contributed by atoms with van der Waals surface area (Å²) in [5.41, 5.74) is 4.90. The Bertz CT molecular complexity index is 192. The number of carbonyl (C=O) groups is 1. The lowest BCUT2D eigenvalue weighted by atomic mass is 10.2. The average Bonchev–Trinajstić information content (AvgIpc) is 2.33. The van der Waals surface area contributed by atoms with Gasteiger partial charge in [-0.15, -0.1) is 11.8 Å². The molecular weight excluding hydrogens is 190 g/mol. The Morgan fingerprint density at radius 2 is 2.54 bits per heavy atom. The van der Waals surface area contributed by atoms with Gasteiger partial charge in [0.15, 0.2) is 0 Å². The minimum atomic E-state index is -0.723. The van der Waals surface area contributed by atoms with Gasteiger partial charge in [0.2, 0.25) is 0 Å². The maximum absolute atomic E-state index is 10.4. The minimum absolute atomic E-state index is 0.187. The number of hydrogen-bond donors (Lipinski definition) is 1. The molecule has 0 unspecified atom stereocenters. The average molecular weight is 205 g/mol. The molecule has 0 radical (unpaired) electrons. The Hall–Kier alpha value is -0.420. The van der Waals surface area contributed by atoms with Crippen molar-refractivity contribution in [3.8, 4) is 0 Å². The topological polar surface area (TPSA) is 61.6 Å². The summed E-state index contributed by atoms with van der Waals surface area (Å²) in [5.74, 6) is 1.000. The summed E-state index contributed by atoms with van der Waals surface area (Å²) in [6.07, 6.45) is -0.229. The number of carbonyl (C=O) groups excluding carboxylic acids is 1. The van der Waals surface area contributed by atoms with Crippen molar-refractivity contribution in [1.29, 1.82) is 0 Å². The number of amides is 1. The van der Waals surface area contributed by atoms with Gasteiger partial charge in [0.1, 0.15) is 11.0 Å². The van der Waals surface area contributed by atoms with Crippen LogP contribution in [-0.4, -0.2) is 29.5 Å². The van der Waals surface area contributed by atoms with Crippen molar-refractivity contribution in [2.75, 3.05) is 12.4 Å². The molecular formula is C8H15NO3S. The first-order valence-electron chi connectivity index (χ1n) is 4.26. The van der Waals surface area contributed by atoms with E-state index in [9.17, 15) is 4.79 Å². The quantitative estimate of drug-likeness (QED) is 0.755. The highest BCUT2D eigenvalue weighted by molar-refractivity contribution is 8.00. The fourth-order valence-corrected chi connectivity index (χ4v) is 2.55. The Morgan fingerprint density at radius 1 is 1.85 bits per heavy atom. The lowest BCUT2D eigenvalue weighted by molar-refractivity contribution is 0.0192. The van der Waals surface area contributed by atoms with E-state index in [1.165, 1.54) is 0 Å². The zero-order valence-corrected chi connectivity index (χ0v) is 8.73. The number of primary amides is 1. The molecule has 4 nitrogen and oxygen atoms in total. The largest absolute Gasteiger partial charge is 0.447 e. The van der Waals surface area contributed by atoms with Crippen LogP contribution >= 0.6 is 11.8 Å². The van der Waals surface area contributed by atoms with Gasteiger partial charge in [-0.2, -0.15) is 0 Å². The summed E-state index contributed by atoms with van der Waals surface area (Å²) in [5, 5.41) is 0. The van der Waals surface area contributed by atoms with Gasteiger partial charge in [0.25, 0.3) is 0 Å². The van der Waals surface area contributed by atoms with Crippen LogP contribution in [0, 0.1) is 0 Å². The van der Waals surface area contributed by atoms with Crippen LogP contribution in [0.3, 0.4) is 0 Å². The lowest BCUT2D eigenvalue weighted by Gasteiger charge is -2.25. The normalized spacial score (nSPS) is 30.0. The number of rotatable bonds is 3. The van der Waals surface area contributed by atoms with E-state index in [1.54, 1.807) is 11.8 Å². The van der Waals surface area contributed by atoms with E-state index in [0.717, 1.165) is 12.4 Å². The SMILES string of the molecule is C[C@@H](C[C@]1(C)OCCS1)OC(N)=O. The van der Waals surface area contributed by atoms with Crippen LogP contribution < -0.4 is 5.73 Å². The predicted molar refractivity (Wildman–Crippen MR) is 51.6 cm³/mol. The second-order valence-electron chi connectivity index (χ2n) is 3.28. The predicted octanol–water partition coefficient (Wildman–Crippen LogP) is 1.34. The maximum atomic E-state index is 10.4. The van der Waals surface area contributed by atoms with Crippen molar-refractivity contribution >= 4 is 17.9 Å². The summed E-state index contributed by atoms with van der Waals surface area (Å²) < 4.78 is 10.3. The van der Waals surface area contributed by atoms with Crippen LogP contribution in [0.2, 0.25) is 0 Å². The van der Waals surface area contributed by atoms with Gasteiger partial charge in [-0.1, -0.05) is 0 Å². The molecule has 1 aliphatic rings. The van der Waals surface area contributed by atoms with Gasteiger partial charge in [-0.25, -0.2) is 4.79 Å². The van der Waals surface area contributed by atoms with Crippen LogP contribution in [0.15, 0.2) is 0 Å². The smallest absolute Gasteiger partial charge is 0.404 e. The number of ether oxygens (including phenoxy) is 2. The minimum Gasteiger partial charge on any atom is -0.447 e. The summed E-state index contributed by atoms with van der Waals surface area (Å²) in [6, 6.07) is 0. The fraction of sp³-hybridized carbons (Fsp3) is 0.875. The number of hydrogen-bond acceptors (Lipinski definition) is 4. The van der Waals surface area contributed by atoms with Crippen molar-refractivity contribution in [3.63, 3.8) is 0 Å². The third kappa shape index (κ3) is 3.44. The monoisotopic (exact) mass is 205 g/mol. The molecule has 76 valence electrons. The first-order valence-corrected chi connectivity index (χ1v) is 5.24. The Balaban J connectivity index is 2.33. The Morgan fingerprint density at radius 3 is 3.00 bits per heavy atom. The molecule has 13 heavy (non-hydrogen) atoms. The van der Waals surface area contributed by atoms with Crippen LogP contribution in [0.4, 0.5) is 4.79 Å². The van der Waals surface area contributed by atoms with Crippen LogP contribution in [-0.2, 0) is 9.47 Å². The Kier molecular flexibility index (Phi) is 3.44. The van der Waals surface area contributed by atoms with Crippen molar-refractivity contribution in [1.82, 2.24) is 0 Å². The van der Waals surface area contributed by atoms with Crippen LogP contribution in [0.25, 0.3) is 0 Å². The van der Waals surface area contributed by atoms with Crippen LogP contribution in [0.1, 0.15) is 20.3 Å². The van der Waals surface area contributed by atoms with E-state index in [2.05, 4.69) is 0 Å². The van der Waals surface area contributed by atoms with Gasteiger partial charge in [0.05, 0.1) is 6.61 Å². The summed E-state index contributed by atoms with van der Waals surface area (Å²) in [6.45, 7) is 4.59. The molecule has 0 saturated carbocycles. The first-order chi connectivity index (χ1) is 6.02. The second-order valence-corrected chi connectivity index (χ2v) is 4.84. The van der Waals surface area contributed by atoms with Gasteiger partial charge in [-0.05, 0) is 13.8 Å². The second kappa shape index (κ2) is 4.19. The van der Waals surface area contributed by atoms with Crippen molar-refractivity contribution in [2.24, 2.45) is 5.73 Å². The van der Waals surface area contributed by atoms with Gasteiger partial charge >= 0.3 is 6.09 Å². The third-order valence-electron chi connectivity index (χ3n) is 1.87. The molecule has 2 N–H and O–H groups in total. The molecule has 2 atom stereocenters. The zero-order valence-electron chi connectivity index (χ0n) is 7.91. The van der Waals surface area contributed by atoms with Crippen molar-refractivity contribution in [2.45, 2.75) is 31.3 Å².